The molecule has 0 unspecified atom stereocenters. The number of hydrogen-bond acceptors (Lipinski definition) is 3. The van der Waals surface area contributed by atoms with Gasteiger partial charge in [-0.3, -0.25) is 9.59 Å². The van der Waals surface area contributed by atoms with Gasteiger partial charge in [0.15, 0.2) is 0 Å². The van der Waals surface area contributed by atoms with Gasteiger partial charge in [-0.1, -0.05) is 42.5 Å². The average molecular weight is 325 g/mol. The lowest BCUT2D eigenvalue weighted by Gasteiger charge is -2.13. The van der Waals surface area contributed by atoms with Crippen LogP contribution in [0.15, 0.2) is 54.6 Å². The van der Waals surface area contributed by atoms with Gasteiger partial charge in [0.25, 0.3) is 0 Å². The van der Waals surface area contributed by atoms with Crippen molar-refractivity contribution in [3.8, 4) is 5.75 Å². The van der Waals surface area contributed by atoms with Crippen molar-refractivity contribution >= 4 is 11.9 Å². The number of rotatable bonds is 7. The van der Waals surface area contributed by atoms with Crippen LogP contribution in [0.25, 0.3) is 0 Å². The maximum Gasteiger partial charge on any atom is 0.307 e. The number of amides is 1. The van der Waals surface area contributed by atoms with Crippen molar-refractivity contribution in [2.24, 2.45) is 17.1 Å². The topological polar surface area (TPSA) is 89.6 Å². The zero-order chi connectivity index (χ0) is 17.2. The summed E-state index contributed by atoms with van der Waals surface area (Å²) in [6.07, 6.45) is 0.655. The Hall–Kier alpha value is -2.82. The Labute approximate surface area is 140 Å². The van der Waals surface area contributed by atoms with E-state index < -0.39 is 23.2 Å². The lowest BCUT2D eigenvalue weighted by atomic mass is 9.93. The minimum Gasteiger partial charge on any atom is -0.489 e. The van der Waals surface area contributed by atoms with Crippen molar-refractivity contribution in [1.82, 2.24) is 0 Å². The average Bonchev–Trinajstić information content (AvgIpc) is 3.31. The molecule has 2 aromatic carbocycles. The number of carboxylic acid groups (broad SMARTS) is 1. The van der Waals surface area contributed by atoms with E-state index in [9.17, 15) is 9.59 Å². The monoisotopic (exact) mass is 325 g/mol. The largest absolute Gasteiger partial charge is 0.489 e. The van der Waals surface area contributed by atoms with Crippen LogP contribution in [-0.2, 0) is 22.6 Å². The summed E-state index contributed by atoms with van der Waals surface area (Å²) in [5.74, 6) is -1.46. The molecule has 5 heteroatoms. The molecule has 0 spiro atoms. The molecule has 0 radical (unpaired) electrons. The van der Waals surface area contributed by atoms with Crippen LogP contribution >= 0.6 is 0 Å². The van der Waals surface area contributed by atoms with Gasteiger partial charge in [0.05, 0.1) is 11.3 Å². The Kier molecular flexibility index (Phi) is 4.25. The first-order valence-corrected chi connectivity index (χ1v) is 7.80. The summed E-state index contributed by atoms with van der Waals surface area (Å²) in [5, 5.41) is 9.11. The first kappa shape index (κ1) is 16.1. The zero-order valence-electron chi connectivity index (χ0n) is 13.1. The van der Waals surface area contributed by atoms with Crippen LogP contribution in [0.5, 0.6) is 5.75 Å². The highest BCUT2D eigenvalue weighted by molar-refractivity contribution is 5.92. The smallest absolute Gasteiger partial charge is 0.307 e. The second-order valence-corrected chi connectivity index (χ2v) is 6.21. The molecular weight excluding hydrogens is 306 g/mol. The molecule has 0 bridgehead atoms. The van der Waals surface area contributed by atoms with E-state index in [0.29, 0.717) is 19.4 Å². The van der Waals surface area contributed by atoms with Gasteiger partial charge in [-0.25, -0.2) is 0 Å². The van der Waals surface area contributed by atoms with Crippen molar-refractivity contribution in [3.05, 3.63) is 65.7 Å². The highest BCUT2D eigenvalue weighted by Crippen LogP contribution is 2.54. The first-order chi connectivity index (χ1) is 11.5. The van der Waals surface area contributed by atoms with Crippen LogP contribution in [0, 0.1) is 11.3 Å². The number of carbonyl (C=O) groups excluding carboxylic acids is 1. The molecule has 0 heterocycles. The molecular formula is C19H19NO4. The van der Waals surface area contributed by atoms with Crippen LogP contribution in [0.3, 0.4) is 0 Å². The number of primary amides is 1. The Morgan fingerprint density at radius 2 is 1.75 bits per heavy atom. The molecule has 1 saturated carbocycles. The summed E-state index contributed by atoms with van der Waals surface area (Å²) in [5.41, 5.74) is 6.44. The molecule has 0 saturated heterocycles. The van der Waals surface area contributed by atoms with Gasteiger partial charge in [0.1, 0.15) is 12.4 Å². The van der Waals surface area contributed by atoms with Gasteiger partial charge >= 0.3 is 5.97 Å². The molecule has 2 aromatic rings. The number of carbonyl (C=O) groups is 2. The molecule has 1 aliphatic carbocycles. The fourth-order valence-corrected chi connectivity index (χ4v) is 2.99. The highest BCUT2D eigenvalue weighted by atomic mass is 16.5. The predicted octanol–water partition coefficient (Wildman–Crippen LogP) is 2.38. The standard InChI is InChI=1S/C19H19NO4/c20-18(23)19(11-16(19)17(21)22)10-13-6-8-15(9-7-13)24-12-14-4-2-1-3-5-14/h1-9,16H,10-12H2,(H2,20,23)(H,21,22)/t16-,19+/m1/s1. The number of aliphatic carboxylic acids is 1. The molecule has 3 rings (SSSR count). The van der Waals surface area contributed by atoms with Crippen molar-refractivity contribution in [2.75, 3.05) is 0 Å². The van der Waals surface area contributed by atoms with Crippen molar-refractivity contribution in [1.29, 1.82) is 0 Å². The number of hydrogen-bond donors (Lipinski definition) is 2. The van der Waals surface area contributed by atoms with Gasteiger partial charge in [0.2, 0.25) is 5.91 Å². The third-order valence-corrected chi connectivity index (χ3v) is 4.56. The van der Waals surface area contributed by atoms with E-state index in [0.717, 1.165) is 16.9 Å². The number of carboxylic acids is 1. The number of ether oxygens (including phenoxy) is 1. The van der Waals surface area contributed by atoms with Crippen LogP contribution in [-0.4, -0.2) is 17.0 Å². The fourth-order valence-electron chi connectivity index (χ4n) is 2.99. The summed E-state index contributed by atoms with van der Waals surface area (Å²) < 4.78 is 5.71. The van der Waals surface area contributed by atoms with Gasteiger partial charge in [-0.05, 0) is 36.1 Å². The summed E-state index contributed by atoms with van der Waals surface area (Å²) in [4.78, 5) is 22.8. The Morgan fingerprint density at radius 1 is 1.08 bits per heavy atom. The number of nitrogens with two attached hydrogens (primary N) is 1. The molecule has 24 heavy (non-hydrogen) atoms. The minimum absolute atomic E-state index is 0.309. The molecule has 1 fully saturated rings. The van der Waals surface area contributed by atoms with Gasteiger partial charge in [0, 0.05) is 0 Å². The van der Waals surface area contributed by atoms with E-state index in [1.165, 1.54) is 0 Å². The van der Waals surface area contributed by atoms with Crippen molar-refractivity contribution in [3.63, 3.8) is 0 Å². The van der Waals surface area contributed by atoms with Gasteiger partial charge < -0.3 is 15.6 Å². The van der Waals surface area contributed by atoms with Crippen molar-refractivity contribution < 1.29 is 19.4 Å². The van der Waals surface area contributed by atoms with Gasteiger partial charge in [-0.2, -0.15) is 0 Å². The molecule has 0 aliphatic heterocycles. The molecule has 5 nitrogen and oxygen atoms in total. The molecule has 1 aliphatic rings. The summed E-state index contributed by atoms with van der Waals surface area (Å²) in [7, 11) is 0. The van der Waals surface area contributed by atoms with Crippen LogP contribution in [0.4, 0.5) is 0 Å². The summed E-state index contributed by atoms with van der Waals surface area (Å²) in [6.45, 7) is 0.479. The minimum atomic E-state index is -0.961. The maximum absolute atomic E-state index is 11.7. The molecule has 0 aromatic heterocycles. The van der Waals surface area contributed by atoms with Crippen LogP contribution < -0.4 is 10.5 Å². The third-order valence-electron chi connectivity index (χ3n) is 4.56. The Balaban J connectivity index is 1.62. The Morgan fingerprint density at radius 3 is 2.29 bits per heavy atom. The van der Waals surface area contributed by atoms with Crippen LogP contribution in [0.2, 0.25) is 0 Å². The lowest BCUT2D eigenvalue weighted by Crippen LogP contribution is -2.30. The highest BCUT2D eigenvalue weighted by Gasteiger charge is 2.62. The third kappa shape index (κ3) is 3.25. The molecule has 124 valence electrons. The Bertz CT molecular complexity index is 742. The molecule has 2 atom stereocenters. The maximum atomic E-state index is 11.7. The van der Waals surface area contributed by atoms with E-state index in [1.807, 2.05) is 54.6 Å². The second kappa shape index (κ2) is 6.35. The predicted molar refractivity (Wildman–Crippen MR) is 88.3 cm³/mol. The molecule has 3 N–H and O–H groups in total. The van der Waals surface area contributed by atoms with Crippen LogP contribution in [0.1, 0.15) is 17.5 Å². The van der Waals surface area contributed by atoms with E-state index in [1.54, 1.807) is 0 Å². The second-order valence-electron chi connectivity index (χ2n) is 6.21. The lowest BCUT2D eigenvalue weighted by molar-refractivity contribution is -0.141. The summed E-state index contributed by atoms with van der Waals surface area (Å²) >= 11 is 0. The van der Waals surface area contributed by atoms with Gasteiger partial charge in [-0.15, -0.1) is 0 Å². The summed E-state index contributed by atoms with van der Waals surface area (Å²) in [6, 6.07) is 17.2. The number of benzene rings is 2. The zero-order valence-corrected chi connectivity index (χ0v) is 13.1. The normalized spacial score (nSPS) is 21.9. The van der Waals surface area contributed by atoms with Crippen molar-refractivity contribution in [2.45, 2.75) is 19.4 Å². The SMILES string of the molecule is NC(=O)[C@@]1(Cc2ccc(OCc3ccccc3)cc2)C[C@@H]1C(=O)O. The van der Waals surface area contributed by atoms with E-state index in [4.69, 9.17) is 15.6 Å². The fraction of sp³-hybridized carbons (Fsp3) is 0.263. The van der Waals surface area contributed by atoms with E-state index in [2.05, 4.69) is 0 Å². The molecule has 1 amide bonds. The first-order valence-electron chi connectivity index (χ1n) is 7.80. The van der Waals surface area contributed by atoms with E-state index >= 15 is 0 Å². The van der Waals surface area contributed by atoms with E-state index in [-0.39, 0.29) is 0 Å². The quantitative estimate of drug-likeness (QED) is 0.818.